The third-order valence-corrected chi connectivity index (χ3v) is 3.64. The van der Waals surface area contributed by atoms with E-state index in [1.807, 2.05) is 12.1 Å². The third kappa shape index (κ3) is 1.48. The zero-order valence-electron chi connectivity index (χ0n) is 10.2. The van der Waals surface area contributed by atoms with Gasteiger partial charge < -0.3 is 5.11 Å². The Hall–Kier alpha value is -2.54. The van der Waals surface area contributed by atoms with Gasteiger partial charge in [0.05, 0.1) is 0 Å². The first-order chi connectivity index (χ1) is 9.33. The van der Waals surface area contributed by atoms with Gasteiger partial charge in [0, 0.05) is 6.07 Å². The smallest absolute Gasteiger partial charge is 0.124 e. The van der Waals surface area contributed by atoms with Crippen LogP contribution in [0, 0.1) is 6.07 Å². The van der Waals surface area contributed by atoms with E-state index in [2.05, 4.69) is 48.5 Å². The van der Waals surface area contributed by atoms with Gasteiger partial charge >= 0.3 is 0 Å². The number of aromatic hydroxyl groups is 1. The van der Waals surface area contributed by atoms with Crippen LogP contribution in [0.1, 0.15) is 0 Å². The van der Waals surface area contributed by atoms with Gasteiger partial charge in [-0.05, 0) is 38.4 Å². The minimum atomic E-state index is 0.188. The first-order valence-electron chi connectivity index (χ1n) is 6.28. The Morgan fingerprint density at radius 2 is 1.37 bits per heavy atom. The molecule has 89 valence electrons. The number of hydrogen-bond donors (Lipinski definition) is 1. The molecule has 0 aromatic heterocycles. The molecule has 0 spiro atoms. The van der Waals surface area contributed by atoms with Gasteiger partial charge in [0.2, 0.25) is 0 Å². The predicted octanol–water partition coefficient (Wildman–Crippen LogP) is 4.65. The number of benzene rings is 4. The molecule has 4 aromatic carbocycles. The van der Waals surface area contributed by atoms with Crippen molar-refractivity contribution in [3.05, 3.63) is 66.7 Å². The molecule has 0 amide bonds. The lowest BCUT2D eigenvalue weighted by Gasteiger charge is -2.07. The molecule has 1 N–H and O–H groups in total. The highest BCUT2D eigenvalue weighted by Crippen LogP contribution is 2.32. The highest BCUT2D eigenvalue weighted by atomic mass is 16.3. The van der Waals surface area contributed by atoms with Crippen LogP contribution in [0.25, 0.3) is 32.3 Å². The summed E-state index contributed by atoms with van der Waals surface area (Å²) in [4.78, 5) is 0. The van der Waals surface area contributed by atoms with E-state index in [0.29, 0.717) is 0 Å². The van der Waals surface area contributed by atoms with Crippen molar-refractivity contribution < 1.29 is 5.11 Å². The molecule has 1 nitrogen and oxygen atoms in total. The predicted molar refractivity (Wildman–Crippen MR) is 79.5 cm³/mol. The number of phenols is 1. The highest BCUT2D eigenvalue weighted by molar-refractivity contribution is 6.17. The second kappa shape index (κ2) is 3.72. The summed E-state index contributed by atoms with van der Waals surface area (Å²) in [5.74, 6) is 0.188. The molecule has 0 atom stereocenters. The van der Waals surface area contributed by atoms with Gasteiger partial charge in [-0.2, -0.15) is 0 Å². The Labute approximate surface area is 110 Å². The van der Waals surface area contributed by atoms with Crippen molar-refractivity contribution in [3.63, 3.8) is 0 Å². The van der Waals surface area contributed by atoms with Crippen molar-refractivity contribution >= 4 is 32.3 Å². The average molecular weight is 243 g/mol. The van der Waals surface area contributed by atoms with E-state index >= 15 is 0 Å². The summed E-state index contributed by atoms with van der Waals surface area (Å²) in [6.45, 7) is 0. The van der Waals surface area contributed by atoms with E-state index in [9.17, 15) is 5.11 Å². The van der Waals surface area contributed by atoms with Gasteiger partial charge in [0.25, 0.3) is 0 Å². The fraction of sp³-hybridized carbons (Fsp3) is 0. The Kier molecular flexibility index (Phi) is 2.04. The highest BCUT2D eigenvalue weighted by Gasteiger charge is 2.04. The normalized spacial score (nSPS) is 11.4. The topological polar surface area (TPSA) is 20.2 Å². The molecule has 0 aliphatic carbocycles. The van der Waals surface area contributed by atoms with E-state index < -0.39 is 0 Å². The average Bonchev–Trinajstić information content (AvgIpc) is 2.46. The summed E-state index contributed by atoms with van der Waals surface area (Å²) in [6.07, 6.45) is 0. The molecule has 0 heterocycles. The van der Waals surface area contributed by atoms with Crippen molar-refractivity contribution in [1.29, 1.82) is 0 Å². The SMILES string of the molecule is Oc1[c]c2ccc3c4ccccc4ccc3c2cc1. The maximum atomic E-state index is 9.52. The fourth-order valence-corrected chi connectivity index (χ4v) is 2.74. The lowest BCUT2D eigenvalue weighted by Crippen LogP contribution is -1.80. The van der Waals surface area contributed by atoms with Gasteiger partial charge in [-0.25, -0.2) is 0 Å². The second-order valence-corrected chi connectivity index (χ2v) is 4.75. The van der Waals surface area contributed by atoms with Crippen molar-refractivity contribution in [2.75, 3.05) is 0 Å². The van der Waals surface area contributed by atoms with Crippen LogP contribution < -0.4 is 0 Å². The van der Waals surface area contributed by atoms with Crippen LogP contribution in [0.15, 0.2) is 60.7 Å². The van der Waals surface area contributed by atoms with Gasteiger partial charge in [-0.3, -0.25) is 0 Å². The van der Waals surface area contributed by atoms with Crippen LogP contribution in [-0.2, 0) is 0 Å². The molecule has 0 bridgehead atoms. The maximum Gasteiger partial charge on any atom is 0.124 e. The Morgan fingerprint density at radius 1 is 0.632 bits per heavy atom. The van der Waals surface area contributed by atoms with E-state index in [4.69, 9.17) is 0 Å². The molecule has 0 saturated heterocycles. The van der Waals surface area contributed by atoms with Crippen molar-refractivity contribution in [2.45, 2.75) is 0 Å². The monoisotopic (exact) mass is 243 g/mol. The van der Waals surface area contributed by atoms with Crippen molar-refractivity contribution in [3.8, 4) is 5.75 Å². The van der Waals surface area contributed by atoms with Crippen molar-refractivity contribution in [2.24, 2.45) is 0 Å². The van der Waals surface area contributed by atoms with Crippen LogP contribution in [0.4, 0.5) is 0 Å². The van der Waals surface area contributed by atoms with Gasteiger partial charge in [0.15, 0.2) is 0 Å². The summed E-state index contributed by atoms with van der Waals surface area (Å²) < 4.78 is 0. The molecular weight excluding hydrogens is 232 g/mol. The lowest BCUT2D eigenvalue weighted by atomic mass is 9.97. The molecule has 19 heavy (non-hydrogen) atoms. The number of rotatable bonds is 0. The first kappa shape index (κ1) is 10.4. The minimum absolute atomic E-state index is 0.188. The Balaban J connectivity index is 2.26. The summed E-state index contributed by atoms with van der Waals surface area (Å²) in [7, 11) is 0. The fourth-order valence-electron chi connectivity index (χ4n) is 2.74. The summed E-state index contributed by atoms with van der Waals surface area (Å²) >= 11 is 0. The molecule has 0 fully saturated rings. The van der Waals surface area contributed by atoms with Crippen LogP contribution in [0.5, 0.6) is 5.75 Å². The van der Waals surface area contributed by atoms with Crippen molar-refractivity contribution in [1.82, 2.24) is 0 Å². The quantitative estimate of drug-likeness (QED) is 0.446. The molecular formula is C18H11O. The molecule has 1 radical (unpaired) electrons. The molecule has 4 rings (SSSR count). The molecule has 4 aromatic rings. The second-order valence-electron chi connectivity index (χ2n) is 4.75. The molecule has 1 heteroatoms. The summed E-state index contributed by atoms with van der Waals surface area (Å²) in [5.41, 5.74) is 0. The maximum absolute atomic E-state index is 9.52. The van der Waals surface area contributed by atoms with Crippen LogP contribution in [-0.4, -0.2) is 5.11 Å². The van der Waals surface area contributed by atoms with Gasteiger partial charge in [0.1, 0.15) is 5.75 Å². The van der Waals surface area contributed by atoms with E-state index in [1.165, 1.54) is 21.5 Å². The zero-order valence-corrected chi connectivity index (χ0v) is 10.2. The van der Waals surface area contributed by atoms with Gasteiger partial charge in [-0.15, -0.1) is 0 Å². The van der Waals surface area contributed by atoms with Crippen LogP contribution in [0.2, 0.25) is 0 Å². The first-order valence-corrected chi connectivity index (χ1v) is 6.28. The van der Waals surface area contributed by atoms with Crippen LogP contribution >= 0.6 is 0 Å². The lowest BCUT2D eigenvalue weighted by molar-refractivity contribution is 0.475. The number of fused-ring (bicyclic) bond motifs is 5. The van der Waals surface area contributed by atoms with Crippen LogP contribution in [0.3, 0.4) is 0 Å². The minimum Gasteiger partial charge on any atom is -0.507 e. The van der Waals surface area contributed by atoms with E-state index in [1.54, 1.807) is 6.07 Å². The molecule has 0 unspecified atom stereocenters. The Morgan fingerprint density at radius 3 is 2.32 bits per heavy atom. The number of hydrogen-bond acceptors (Lipinski definition) is 1. The van der Waals surface area contributed by atoms with E-state index in [-0.39, 0.29) is 5.75 Å². The number of phenolic OH excluding ortho intramolecular Hbond substituents is 1. The zero-order chi connectivity index (χ0) is 12.8. The largest absolute Gasteiger partial charge is 0.507 e. The molecule has 0 aliphatic rings. The van der Waals surface area contributed by atoms with E-state index in [0.717, 1.165) is 10.8 Å². The van der Waals surface area contributed by atoms with Gasteiger partial charge in [-0.1, -0.05) is 54.6 Å². The summed E-state index contributed by atoms with van der Waals surface area (Å²) in [6, 6.07) is 23.4. The third-order valence-electron chi connectivity index (χ3n) is 3.64. The molecule has 0 saturated carbocycles. The summed E-state index contributed by atoms with van der Waals surface area (Å²) in [5, 5.41) is 16.5. The molecule has 0 aliphatic heterocycles. The Bertz CT molecular complexity index is 922. The standard InChI is InChI=1S/C18H11O/c19-14-7-10-16-13(11-14)6-9-17-15-4-2-1-3-12(15)5-8-18(16)17/h1-10,19H.